The molecular formula is C13H18N2. The molecule has 1 aromatic heterocycles. The van der Waals surface area contributed by atoms with Crippen LogP contribution >= 0.6 is 0 Å². The van der Waals surface area contributed by atoms with Crippen LogP contribution in [-0.4, -0.2) is 11.6 Å². The van der Waals surface area contributed by atoms with Gasteiger partial charge in [-0.1, -0.05) is 18.2 Å². The van der Waals surface area contributed by atoms with Crippen LogP contribution in [0.1, 0.15) is 25.5 Å². The van der Waals surface area contributed by atoms with Gasteiger partial charge in [-0.25, -0.2) is 0 Å². The molecule has 1 aromatic carbocycles. The van der Waals surface area contributed by atoms with E-state index in [2.05, 4.69) is 54.2 Å². The smallest absolute Gasteiger partial charge is 0.0483 e. The fourth-order valence-corrected chi connectivity index (χ4v) is 2.04. The first-order valence-electron chi connectivity index (χ1n) is 5.53. The van der Waals surface area contributed by atoms with Gasteiger partial charge in [-0.2, -0.15) is 0 Å². The first kappa shape index (κ1) is 10.2. The van der Waals surface area contributed by atoms with E-state index in [-0.39, 0.29) is 0 Å². The lowest BCUT2D eigenvalue weighted by Gasteiger charge is -2.07. The molecule has 0 aliphatic heterocycles. The molecule has 0 amide bonds. The highest BCUT2D eigenvalue weighted by Crippen LogP contribution is 2.25. The van der Waals surface area contributed by atoms with Crippen LogP contribution in [0.25, 0.3) is 10.9 Å². The summed E-state index contributed by atoms with van der Waals surface area (Å²) in [5, 5.41) is 4.66. The number of hydrogen-bond donors (Lipinski definition) is 1. The minimum absolute atomic E-state index is 0.405. The molecule has 0 fully saturated rings. The van der Waals surface area contributed by atoms with Gasteiger partial charge in [0.25, 0.3) is 0 Å². The van der Waals surface area contributed by atoms with Crippen LogP contribution in [0.15, 0.2) is 30.5 Å². The zero-order chi connectivity index (χ0) is 10.8. The highest BCUT2D eigenvalue weighted by molar-refractivity contribution is 5.84. The molecule has 0 bridgehead atoms. The molecule has 2 nitrogen and oxygen atoms in total. The van der Waals surface area contributed by atoms with Crippen molar-refractivity contribution in [3.05, 3.63) is 36.0 Å². The summed E-state index contributed by atoms with van der Waals surface area (Å²) in [6, 6.07) is 8.99. The molecule has 0 saturated carbocycles. The molecule has 0 aliphatic rings. The average Bonchev–Trinajstić information content (AvgIpc) is 2.67. The second-order valence-corrected chi connectivity index (χ2v) is 3.90. The lowest BCUT2D eigenvalue weighted by atomic mass is 10.1. The molecular weight excluding hydrogens is 184 g/mol. The van der Waals surface area contributed by atoms with Crippen molar-refractivity contribution < 1.29 is 0 Å². The highest BCUT2D eigenvalue weighted by Gasteiger charge is 2.11. The third-order valence-electron chi connectivity index (χ3n) is 3.06. The fraction of sp³-hybridized carbons (Fsp3) is 0.385. The van der Waals surface area contributed by atoms with Crippen molar-refractivity contribution in [1.82, 2.24) is 9.88 Å². The second kappa shape index (κ2) is 4.07. The first-order valence-corrected chi connectivity index (χ1v) is 5.53. The molecule has 1 heterocycles. The van der Waals surface area contributed by atoms with Crippen molar-refractivity contribution in [3.8, 4) is 0 Å². The molecule has 2 rings (SSSR count). The van der Waals surface area contributed by atoms with Gasteiger partial charge in [-0.15, -0.1) is 0 Å². The number of benzene rings is 1. The molecule has 0 aliphatic carbocycles. The summed E-state index contributed by atoms with van der Waals surface area (Å²) in [5.41, 5.74) is 2.71. The van der Waals surface area contributed by atoms with E-state index in [0.29, 0.717) is 6.04 Å². The quantitative estimate of drug-likeness (QED) is 0.809. The van der Waals surface area contributed by atoms with Gasteiger partial charge in [-0.05, 0) is 32.5 Å². The summed E-state index contributed by atoms with van der Waals surface area (Å²) in [6.45, 7) is 5.40. The Balaban J connectivity index is 2.65. The lowest BCUT2D eigenvalue weighted by molar-refractivity contribution is 0.651. The average molecular weight is 202 g/mol. The van der Waals surface area contributed by atoms with Gasteiger partial charge in [-0.3, -0.25) is 0 Å². The molecule has 2 aromatic rings. The molecule has 1 unspecified atom stereocenters. The number of para-hydroxylation sites is 1. The number of fused-ring (bicyclic) bond motifs is 1. The summed E-state index contributed by atoms with van der Waals surface area (Å²) in [5.74, 6) is 0. The Morgan fingerprint density at radius 2 is 2.07 bits per heavy atom. The lowest BCUT2D eigenvalue weighted by Crippen LogP contribution is -2.11. The highest BCUT2D eigenvalue weighted by atomic mass is 15.0. The van der Waals surface area contributed by atoms with E-state index in [1.165, 1.54) is 16.5 Å². The maximum atomic E-state index is 3.30. The Hall–Kier alpha value is -1.28. The largest absolute Gasteiger partial charge is 0.347 e. The number of nitrogens with zero attached hydrogens (tertiary/aromatic N) is 1. The fourth-order valence-electron chi connectivity index (χ4n) is 2.04. The van der Waals surface area contributed by atoms with Crippen molar-refractivity contribution in [2.24, 2.45) is 0 Å². The minimum Gasteiger partial charge on any atom is -0.347 e. The predicted molar refractivity (Wildman–Crippen MR) is 65.1 cm³/mol. The third kappa shape index (κ3) is 1.65. The molecule has 0 spiro atoms. The zero-order valence-electron chi connectivity index (χ0n) is 9.62. The van der Waals surface area contributed by atoms with Gasteiger partial charge in [0.1, 0.15) is 0 Å². The van der Waals surface area contributed by atoms with E-state index in [4.69, 9.17) is 0 Å². The van der Waals surface area contributed by atoms with Crippen LogP contribution < -0.4 is 5.32 Å². The van der Waals surface area contributed by atoms with Gasteiger partial charge in [0, 0.05) is 29.7 Å². The van der Waals surface area contributed by atoms with Crippen LogP contribution in [0.3, 0.4) is 0 Å². The summed E-state index contributed by atoms with van der Waals surface area (Å²) >= 11 is 0. The summed E-state index contributed by atoms with van der Waals surface area (Å²) in [6.07, 6.45) is 2.26. The minimum atomic E-state index is 0.405. The number of rotatable bonds is 3. The molecule has 80 valence electrons. The van der Waals surface area contributed by atoms with Gasteiger partial charge < -0.3 is 9.88 Å². The van der Waals surface area contributed by atoms with Crippen molar-refractivity contribution in [3.63, 3.8) is 0 Å². The molecule has 15 heavy (non-hydrogen) atoms. The molecule has 0 saturated heterocycles. The monoisotopic (exact) mass is 202 g/mol. The molecule has 1 atom stereocenters. The third-order valence-corrected chi connectivity index (χ3v) is 3.06. The van der Waals surface area contributed by atoms with Gasteiger partial charge in [0.05, 0.1) is 0 Å². The SMILES string of the molecule is CCn1cc(C(C)NC)c2ccccc21. The molecule has 1 N–H and O–H groups in total. The predicted octanol–water partition coefficient (Wildman–Crippen LogP) is 2.94. The Morgan fingerprint density at radius 1 is 1.33 bits per heavy atom. The maximum Gasteiger partial charge on any atom is 0.0483 e. The van der Waals surface area contributed by atoms with Crippen molar-refractivity contribution >= 4 is 10.9 Å². The van der Waals surface area contributed by atoms with Crippen molar-refractivity contribution in [2.45, 2.75) is 26.4 Å². The summed E-state index contributed by atoms with van der Waals surface area (Å²) < 4.78 is 2.30. The van der Waals surface area contributed by atoms with Gasteiger partial charge in [0.2, 0.25) is 0 Å². The second-order valence-electron chi connectivity index (χ2n) is 3.90. The van der Waals surface area contributed by atoms with Crippen molar-refractivity contribution in [2.75, 3.05) is 7.05 Å². The zero-order valence-corrected chi connectivity index (χ0v) is 9.62. The normalized spacial score (nSPS) is 13.3. The Kier molecular flexibility index (Phi) is 2.78. The number of hydrogen-bond acceptors (Lipinski definition) is 1. The Bertz CT molecular complexity index is 457. The van der Waals surface area contributed by atoms with Gasteiger partial charge >= 0.3 is 0 Å². The van der Waals surface area contributed by atoms with E-state index in [1.807, 2.05) is 7.05 Å². The number of aromatic nitrogens is 1. The standard InChI is InChI=1S/C13H18N2/c1-4-15-9-12(10(2)14-3)11-7-5-6-8-13(11)15/h5-10,14H,4H2,1-3H3. The number of nitrogens with one attached hydrogen (secondary N) is 1. The Morgan fingerprint density at radius 3 is 2.73 bits per heavy atom. The van der Waals surface area contributed by atoms with Crippen LogP contribution in [0.4, 0.5) is 0 Å². The van der Waals surface area contributed by atoms with Crippen LogP contribution in [0.5, 0.6) is 0 Å². The van der Waals surface area contributed by atoms with E-state index >= 15 is 0 Å². The van der Waals surface area contributed by atoms with Gasteiger partial charge in [0.15, 0.2) is 0 Å². The maximum absolute atomic E-state index is 3.30. The topological polar surface area (TPSA) is 17.0 Å². The van der Waals surface area contributed by atoms with E-state index in [0.717, 1.165) is 6.54 Å². The van der Waals surface area contributed by atoms with E-state index < -0.39 is 0 Å². The number of aryl methyl sites for hydroxylation is 1. The van der Waals surface area contributed by atoms with E-state index in [9.17, 15) is 0 Å². The first-order chi connectivity index (χ1) is 7.27. The van der Waals surface area contributed by atoms with Crippen LogP contribution in [0.2, 0.25) is 0 Å². The van der Waals surface area contributed by atoms with Crippen LogP contribution in [-0.2, 0) is 6.54 Å². The summed E-state index contributed by atoms with van der Waals surface area (Å²) in [4.78, 5) is 0. The van der Waals surface area contributed by atoms with Crippen molar-refractivity contribution in [1.29, 1.82) is 0 Å². The molecule has 2 heteroatoms. The molecule has 0 radical (unpaired) electrons. The Labute approximate surface area is 90.9 Å². The van der Waals surface area contributed by atoms with Crippen LogP contribution in [0, 0.1) is 0 Å². The van der Waals surface area contributed by atoms with E-state index in [1.54, 1.807) is 0 Å². The summed E-state index contributed by atoms with van der Waals surface area (Å²) in [7, 11) is 2.00.